The molecule has 1 aromatic carbocycles. The molecule has 1 saturated carbocycles. The van der Waals surface area contributed by atoms with Crippen LogP contribution < -0.4 is 10.4 Å². The van der Waals surface area contributed by atoms with Gasteiger partial charge < -0.3 is 30.5 Å². The molecule has 1 aromatic rings. The number of hydrogen-bond acceptors (Lipinski definition) is 7. The standard InChI is InChI=1S/C19H25BN2O6S/c1-19(21,9-23)18(26)22-7-10(8-22)4-5-29-14-3-2-11-12-6-13(12)20(27)28-16(11)15(14)17(24)25/h2-3,10,12-13,23,27H,4-9,21H2,1H3,(H,24,25)/t12-,13-,19+/m0/s1. The number of aromatic carboxylic acids is 1. The number of nitrogens with zero attached hydrogens (tertiary/aromatic N) is 1. The number of thioether (sulfide) groups is 1. The van der Waals surface area contributed by atoms with E-state index in [9.17, 15) is 24.8 Å². The van der Waals surface area contributed by atoms with Crippen LogP contribution in [0.3, 0.4) is 0 Å². The van der Waals surface area contributed by atoms with Gasteiger partial charge in [-0.1, -0.05) is 6.07 Å². The predicted octanol–water partition coefficient (Wildman–Crippen LogP) is 0.765. The number of nitrogens with two attached hydrogens (primary N) is 1. The number of fused-ring (bicyclic) bond motifs is 3. The summed E-state index contributed by atoms with van der Waals surface area (Å²) in [7, 11) is -0.934. The van der Waals surface area contributed by atoms with E-state index < -0.39 is 25.2 Å². The van der Waals surface area contributed by atoms with Crippen LogP contribution in [0.2, 0.25) is 5.82 Å². The number of amides is 1. The molecule has 0 radical (unpaired) electrons. The zero-order chi connectivity index (χ0) is 20.9. The van der Waals surface area contributed by atoms with Crippen LogP contribution in [0.4, 0.5) is 0 Å². The van der Waals surface area contributed by atoms with Crippen molar-refractivity contribution in [1.29, 1.82) is 0 Å². The maximum Gasteiger partial charge on any atom is 0.526 e. The third-order valence-corrected chi connectivity index (χ3v) is 7.14. The molecule has 29 heavy (non-hydrogen) atoms. The van der Waals surface area contributed by atoms with E-state index in [4.69, 9.17) is 10.4 Å². The first-order valence-electron chi connectivity index (χ1n) is 9.79. The molecule has 0 unspecified atom stereocenters. The molecule has 3 aliphatic rings. The summed E-state index contributed by atoms with van der Waals surface area (Å²) in [5.41, 5.74) is 5.55. The van der Waals surface area contributed by atoms with E-state index in [0.717, 1.165) is 18.4 Å². The highest BCUT2D eigenvalue weighted by Gasteiger charge is 2.54. The zero-order valence-corrected chi connectivity index (χ0v) is 17.0. The van der Waals surface area contributed by atoms with Crippen molar-refractivity contribution in [2.75, 3.05) is 25.4 Å². The van der Waals surface area contributed by atoms with Crippen molar-refractivity contribution < 1.29 is 29.5 Å². The Morgan fingerprint density at radius 1 is 1.41 bits per heavy atom. The molecule has 2 fully saturated rings. The summed E-state index contributed by atoms with van der Waals surface area (Å²) in [6.07, 6.45) is 1.66. The Kier molecular flexibility index (Phi) is 5.31. The quantitative estimate of drug-likeness (QED) is 0.376. The number of benzene rings is 1. The summed E-state index contributed by atoms with van der Waals surface area (Å²) in [5, 5.41) is 28.9. The molecule has 0 aromatic heterocycles. The van der Waals surface area contributed by atoms with E-state index in [-0.39, 0.29) is 23.2 Å². The van der Waals surface area contributed by atoms with Crippen LogP contribution in [-0.4, -0.2) is 70.1 Å². The Labute approximate surface area is 173 Å². The predicted molar refractivity (Wildman–Crippen MR) is 108 cm³/mol. The van der Waals surface area contributed by atoms with E-state index >= 15 is 0 Å². The minimum Gasteiger partial charge on any atom is -0.535 e. The Morgan fingerprint density at radius 2 is 2.14 bits per heavy atom. The molecule has 1 saturated heterocycles. The van der Waals surface area contributed by atoms with Gasteiger partial charge in [-0.25, -0.2) is 4.79 Å². The second-order valence-electron chi connectivity index (χ2n) is 8.47. The summed E-state index contributed by atoms with van der Waals surface area (Å²) in [5.74, 6) is 0.311. The van der Waals surface area contributed by atoms with Crippen molar-refractivity contribution in [2.45, 2.75) is 41.9 Å². The van der Waals surface area contributed by atoms with Gasteiger partial charge in [0, 0.05) is 23.8 Å². The molecule has 5 N–H and O–H groups in total. The summed E-state index contributed by atoms with van der Waals surface area (Å²) in [4.78, 5) is 26.3. The van der Waals surface area contributed by atoms with Crippen LogP contribution >= 0.6 is 11.8 Å². The Hall–Kier alpha value is -1.75. The topological polar surface area (TPSA) is 133 Å². The third kappa shape index (κ3) is 3.74. The van der Waals surface area contributed by atoms with Gasteiger partial charge in [-0.3, -0.25) is 4.79 Å². The fourth-order valence-electron chi connectivity index (χ4n) is 4.10. The van der Waals surface area contributed by atoms with E-state index in [1.807, 2.05) is 12.1 Å². The first-order chi connectivity index (χ1) is 13.7. The number of likely N-dealkylation sites (tertiary alicyclic amines) is 1. The van der Waals surface area contributed by atoms with Crippen molar-refractivity contribution >= 4 is 30.8 Å². The number of carbonyl (C=O) groups excluding carboxylic acids is 1. The molecule has 3 atom stereocenters. The third-order valence-electron chi connectivity index (χ3n) is 6.05. The number of carbonyl (C=O) groups is 2. The molecule has 4 rings (SSSR count). The molecule has 2 heterocycles. The van der Waals surface area contributed by atoms with Crippen molar-refractivity contribution in [1.82, 2.24) is 4.90 Å². The summed E-state index contributed by atoms with van der Waals surface area (Å²) in [6.45, 7) is 2.32. The van der Waals surface area contributed by atoms with Crippen molar-refractivity contribution in [3.63, 3.8) is 0 Å². The Balaban J connectivity index is 1.35. The van der Waals surface area contributed by atoms with Crippen LogP contribution in [0.25, 0.3) is 0 Å². The summed E-state index contributed by atoms with van der Waals surface area (Å²) >= 11 is 1.45. The number of hydrogen-bond donors (Lipinski definition) is 4. The van der Waals surface area contributed by atoms with Crippen LogP contribution in [0.15, 0.2) is 17.0 Å². The van der Waals surface area contributed by atoms with E-state index in [2.05, 4.69) is 0 Å². The molecule has 156 valence electrons. The average Bonchev–Trinajstić information content (AvgIpc) is 3.44. The van der Waals surface area contributed by atoms with Gasteiger partial charge in [0.1, 0.15) is 16.9 Å². The summed E-state index contributed by atoms with van der Waals surface area (Å²) in [6, 6.07) is 3.75. The molecule has 8 nitrogen and oxygen atoms in total. The zero-order valence-electron chi connectivity index (χ0n) is 16.2. The van der Waals surface area contributed by atoms with Crippen molar-refractivity contribution in [2.24, 2.45) is 11.7 Å². The largest absolute Gasteiger partial charge is 0.535 e. The van der Waals surface area contributed by atoms with Crippen molar-refractivity contribution in [3.8, 4) is 5.75 Å². The molecular formula is C19H25BN2O6S. The van der Waals surface area contributed by atoms with Gasteiger partial charge in [-0.2, -0.15) is 0 Å². The highest BCUT2D eigenvalue weighted by atomic mass is 32.2. The van der Waals surface area contributed by atoms with Gasteiger partial charge >= 0.3 is 13.1 Å². The molecule has 0 bridgehead atoms. The Morgan fingerprint density at radius 3 is 2.79 bits per heavy atom. The van der Waals surface area contributed by atoms with Crippen LogP contribution in [0.1, 0.15) is 41.6 Å². The minimum atomic E-state index is -1.25. The maximum absolute atomic E-state index is 12.2. The number of carboxylic acids is 1. The SMILES string of the molecule is C[C@@](N)(CO)C(=O)N1CC(CCSc2ccc3c(c2C(=O)O)OB(O)[C@H]2C[C@@H]32)C1. The number of rotatable bonds is 7. The second-order valence-corrected chi connectivity index (χ2v) is 9.60. The highest BCUT2D eigenvalue weighted by Crippen LogP contribution is 2.60. The van der Waals surface area contributed by atoms with Crippen LogP contribution in [0.5, 0.6) is 5.75 Å². The monoisotopic (exact) mass is 420 g/mol. The summed E-state index contributed by atoms with van der Waals surface area (Å²) < 4.78 is 5.55. The van der Waals surface area contributed by atoms with Gasteiger partial charge in [-0.05, 0) is 49.0 Å². The average molecular weight is 420 g/mol. The molecule has 2 aliphatic heterocycles. The lowest BCUT2D eigenvalue weighted by Crippen LogP contribution is -2.61. The molecule has 10 heteroatoms. The number of aliphatic hydroxyl groups is 1. The van der Waals surface area contributed by atoms with Crippen LogP contribution in [-0.2, 0) is 4.79 Å². The van der Waals surface area contributed by atoms with Gasteiger partial charge in [0.05, 0.1) is 6.61 Å². The minimum absolute atomic E-state index is 0.0770. The van der Waals surface area contributed by atoms with Gasteiger partial charge in [0.15, 0.2) is 0 Å². The fraction of sp³-hybridized carbons (Fsp3) is 0.579. The lowest BCUT2D eigenvalue weighted by Gasteiger charge is -2.42. The lowest BCUT2D eigenvalue weighted by molar-refractivity contribution is -0.144. The van der Waals surface area contributed by atoms with Gasteiger partial charge in [0.2, 0.25) is 5.91 Å². The maximum atomic E-state index is 12.2. The van der Waals surface area contributed by atoms with Crippen LogP contribution in [0, 0.1) is 5.92 Å². The van der Waals surface area contributed by atoms with Crippen molar-refractivity contribution in [3.05, 3.63) is 23.3 Å². The second kappa shape index (κ2) is 7.50. The van der Waals surface area contributed by atoms with E-state index in [0.29, 0.717) is 35.4 Å². The number of aliphatic hydroxyl groups excluding tert-OH is 1. The molecule has 1 amide bonds. The highest BCUT2D eigenvalue weighted by molar-refractivity contribution is 7.99. The molecular weight excluding hydrogens is 395 g/mol. The molecule has 0 spiro atoms. The smallest absolute Gasteiger partial charge is 0.526 e. The number of carboxylic acid groups (broad SMARTS) is 1. The van der Waals surface area contributed by atoms with E-state index in [1.165, 1.54) is 18.7 Å². The lowest BCUT2D eigenvalue weighted by atomic mass is 9.77. The van der Waals surface area contributed by atoms with Gasteiger partial charge in [-0.15, -0.1) is 11.8 Å². The Bertz CT molecular complexity index is 844. The van der Waals surface area contributed by atoms with E-state index in [1.54, 1.807) is 4.90 Å². The fourth-order valence-corrected chi connectivity index (χ4v) is 5.26. The normalized spacial score (nSPS) is 24.7. The first-order valence-corrected chi connectivity index (χ1v) is 10.8. The molecule has 1 aliphatic carbocycles. The first kappa shape index (κ1) is 20.5. The van der Waals surface area contributed by atoms with Gasteiger partial charge in [0.25, 0.3) is 0 Å².